The summed E-state index contributed by atoms with van der Waals surface area (Å²) in [4.78, 5) is 3.16. The molecule has 0 bridgehead atoms. The van der Waals surface area contributed by atoms with Crippen LogP contribution in [-0.4, -0.2) is 46.9 Å². The molecule has 1 aromatic carbocycles. The quantitative estimate of drug-likeness (QED) is 0.720. The van der Waals surface area contributed by atoms with Gasteiger partial charge in [-0.15, -0.1) is 0 Å². The zero-order valence-electron chi connectivity index (χ0n) is 13.8. The van der Waals surface area contributed by atoms with E-state index >= 15 is 0 Å². The predicted molar refractivity (Wildman–Crippen MR) is 84.3 cm³/mol. The van der Waals surface area contributed by atoms with Gasteiger partial charge < -0.3 is 19.3 Å². The van der Waals surface area contributed by atoms with E-state index in [9.17, 15) is 0 Å². The van der Waals surface area contributed by atoms with Crippen LogP contribution in [0.25, 0.3) is 0 Å². The maximum absolute atomic E-state index is 8.91. The van der Waals surface area contributed by atoms with Crippen LogP contribution in [0.2, 0.25) is 0 Å². The molecule has 0 saturated carbocycles. The monoisotopic (exact) mass is 305 g/mol. The highest BCUT2D eigenvalue weighted by atomic mass is 16.5. The molecular weight excluding hydrogens is 278 g/mol. The Bertz CT molecular complexity index is 519. The van der Waals surface area contributed by atoms with Gasteiger partial charge in [-0.05, 0) is 25.1 Å². The van der Waals surface area contributed by atoms with Crippen LogP contribution < -0.4 is 19.3 Å². The van der Waals surface area contributed by atoms with Gasteiger partial charge in [0.05, 0.1) is 32.8 Å². The number of nitrogens with one attached hydrogen (secondary N) is 2. The van der Waals surface area contributed by atoms with Crippen LogP contribution in [0.1, 0.15) is 12.5 Å². The molecule has 0 radical (unpaired) electrons. The summed E-state index contributed by atoms with van der Waals surface area (Å²) in [7, 11) is 3.33. The number of methoxy groups -OCH3 is 2. The maximum atomic E-state index is 8.91. The Morgan fingerprint density at radius 2 is 1.73 bits per heavy atom. The summed E-state index contributed by atoms with van der Waals surface area (Å²) >= 11 is 0. The second-order valence-corrected chi connectivity index (χ2v) is 6.10. The van der Waals surface area contributed by atoms with Crippen molar-refractivity contribution in [2.24, 2.45) is 5.92 Å². The molecule has 1 aromatic rings. The number of ether oxygens (including phenoxy) is 2. The number of piperazine rings is 1. The molecule has 0 aliphatic carbocycles. The molecule has 1 aliphatic rings. The highest BCUT2D eigenvalue weighted by molar-refractivity contribution is 5.42. The highest BCUT2D eigenvalue weighted by Gasteiger charge is 2.24. The second kappa shape index (κ2) is 8.02. The molecule has 120 valence electrons. The SMILES string of the molecule is COc1ccc(C[NH+]2CC[NH+](C[C@@H](C)C#N)CC2)cc1OC. The standard InChI is InChI=1S/C17H25N3O2/c1-14(11-18)12-19-6-8-20(9-7-19)13-15-4-5-16(21-2)17(10-15)22-3/h4-5,10,14H,6-9,12-13H2,1-3H3/p+2/t14-/m0/s1. The Labute approximate surface area is 133 Å². The fraction of sp³-hybridized carbons (Fsp3) is 0.588. The topological polar surface area (TPSA) is 51.1 Å². The van der Waals surface area contributed by atoms with Gasteiger partial charge in [0.25, 0.3) is 0 Å². The van der Waals surface area contributed by atoms with E-state index in [0.29, 0.717) is 0 Å². The Hall–Kier alpha value is -1.77. The minimum absolute atomic E-state index is 0.155. The Morgan fingerprint density at radius 3 is 2.32 bits per heavy atom. The van der Waals surface area contributed by atoms with Crippen molar-refractivity contribution in [3.05, 3.63) is 23.8 Å². The van der Waals surface area contributed by atoms with Crippen molar-refractivity contribution in [1.82, 2.24) is 0 Å². The number of hydrogen-bond donors (Lipinski definition) is 2. The van der Waals surface area contributed by atoms with Crippen LogP contribution in [0.15, 0.2) is 18.2 Å². The third-order valence-electron chi connectivity index (χ3n) is 4.38. The number of nitrogens with zero attached hydrogens (tertiary/aromatic N) is 1. The largest absolute Gasteiger partial charge is 0.493 e. The number of hydrogen-bond acceptors (Lipinski definition) is 3. The summed E-state index contributed by atoms with van der Waals surface area (Å²) in [6.45, 7) is 8.60. The van der Waals surface area contributed by atoms with Gasteiger partial charge in [0.15, 0.2) is 11.5 Å². The van der Waals surface area contributed by atoms with Crippen LogP contribution in [0.4, 0.5) is 0 Å². The lowest BCUT2D eigenvalue weighted by molar-refractivity contribution is -1.02. The van der Waals surface area contributed by atoms with Crippen molar-refractivity contribution in [1.29, 1.82) is 5.26 Å². The first-order valence-electron chi connectivity index (χ1n) is 7.94. The Kier molecular flexibility index (Phi) is 6.05. The summed E-state index contributed by atoms with van der Waals surface area (Å²) < 4.78 is 10.7. The summed E-state index contributed by atoms with van der Waals surface area (Å²) in [5.41, 5.74) is 1.28. The van der Waals surface area contributed by atoms with Crippen molar-refractivity contribution in [3.8, 4) is 17.6 Å². The van der Waals surface area contributed by atoms with E-state index in [1.54, 1.807) is 24.0 Å². The van der Waals surface area contributed by atoms with Crippen molar-refractivity contribution in [2.75, 3.05) is 46.9 Å². The van der Waals surface area contributed by atoms with E-state index < -0.39 is 0 Å². The van der Waals surface area contributed by atoms with Gasteiger partial charge in [-0.2, -0.15) is 5.26 Å². The third-order valence-corrected chi connectivity index (χ3v) is 4.38. The van der Waals surface area contributed by atoms with E-state index in [0.717, 1.165) is 50.8 Å². The lowest BCUT2D eigenvalue weighted by Crippen LogP contribution is -3.27. The predicted octanol–water partition coefficient (Wildman–Crippen LogP) is -0.853. The molecule has 5 heteroatoms. The normalized spacial score (nSPS) is 22.6. The van der Waals surface area contributed by atoms with Gasteiger partial charge in [-0.25, -0.2) is 0 Å². The van der Waals surface area contributed by atoms with Crippen molar-refractivity contribution in [2.45, 2.75) is 13.5 Å². The van der Waals surface area contributed by atoms with Crippen molar-refractivity contribution in [3.63, 3.8) is 0 Å². The van der Waals surface area contributed by atoms with Gasteiger partial charge in [0.1, 0.15) is 32.7 Å². The summed E-state index contributed by atoms with van der Waals surface area (Å²) in [6, 6.07) is 8.50. The van der Waals surface area contributed by atoms with Gasteiger partial charge in [0, 0.05) is 5.56 Å². The van der Waals surface area contributed by atoms with Crippen molar-refractivity contribution >= 4 is 0 Å². The van der Waals surface area contributed by atoms with Gasteiger partial charge >= 0.3 is 0 Å². The zero-order valence-corrected chi connectivity index (χ0v) is 13.8. The minimum atomic E-state index is 0.155. The van der Waals surface area contributed by atoms with Crippen LogP contribution in [0.5, 0.6) is 11.5 Å². The molecule has 1 fully saturated rings. The number of nitriles is 1. The van der Waals surface area contributed by atoms with Crippen LogP contribution in [0.3, 0.4) is 0 Å². The smallest absolute Gasteiger partial charge is 0.161 e. The first-order valence-corrected chi connectivity index (χ1v) is 7.94. The molecule has 0 unspecified atom stereocenters. The number of rotatable bonds is 6. The molecule has 0 spiro atoms. The molecule has 2 N–H and O–H groups in total. The minimum Gasteiger partial charge on any atom is -0.493 e. The van der Waals surface area contributed by atoms with E-state index in [2.05, 4.69) is 18.2 Å². The molecule has 5 nitrogen and oxygen atoms in total. The van der Waals surface area contributed by atoms with Crippen molar-refractivity contribution < 1.29 is 19.3 Å². The number of quaternary nitrogens is 2. The van der Waals surface area contributed by atoms with E-state index in [1.807, 2.05) is 13.0 Å². The first-order chi connectivity index (χ1) is 10.7. The van der Waals surface area contributed by atoms with Gasteiger partial charge in [-0.3, -0.25) is 0 Å². The van der Waals surface area contributed by atoms with E-state index in [4.69, 9.17) is 14.7 Å². The summed E-state index contributed by atoms with van der Waals surface area (Å²) in [6.07, 6.45) is 0. The molecule has 22 heavy (non-hydrogen) atoms. The van der Waals surface area contributed by atoms with Crippen LogP contribution in [0, 0.1) is 17.2 Å². The van der Waals surface area contributed by atoms with Gasteiger partial charge in [0.2, 0.25) is 0 Å². The van der Waals surface area contributed by atoms with Crippen LogP contribution >= 0.6 is 0 Å². The molecule has 0 amide bonds. The highest BCUT2D eigenvalue weighted by Crippen LogP contribution is 2.27. The molecule has 1 atom stereocenters. The number of benzene rings is 1. The molecule has 1 aliphatic heterocycles. The average molecular weight is 305 g/mol. The maximum Gasteiger partial charge on any atom is 0.161 e. The van der Waals surface area contributed by atoms with E-state index in [1.165, 1.54) is 5.56 Å². The Morgan fingerprint density at radius 1 is 1.09 bits per heavy atom. The fourth-order valence-corrected chi connectivity index (χ4v) is 3.10. The molecule has 1 heterocycles. The summed E-state index contributed by atoms with van der Waals surface area (Å²) in [5, 5.41) is 8.91. The van der Waals surface area contributed by atoms with Crippen LogP contribution in [-0.2, 0) is 6.54 Å². The summed E-state index contributed by atoms with van der Waals surface area (Å²) in [5.74, 6) is 1.73. The fourth-order valence-electron chi connectivity index (χ4n) is 3.10. The first kappa shape index (κ1) is 16.6. The Balaban J connectivity index is 1.87. The molecule has 2 rings (SSSR count). The lowest BCUT2D eigenvalue weighted by atomic mass is 10.1. The molecule has 0 aromatic heterocycles. The average Bonchev–Trinajstić information content (AvgIpc) is 2.56. The third kappa shape index (κ3) is 4.36. The lowest BCUT2D eigenvalue weighted by Gasteiger charge is -2.30. The van der Waals surface area contributed by atoms with E-state index in [-0.39, 0.29) is 5.92 Å². The van der Waals surface area contributed by atoms with Gasteiger partial charge in [-0.1, -0.05) is 0 Å². The molecule has 1 saturated heterocycles. The molecular formula is C17H27N3O2+2. The second-order valence-electron chi connectivity index (χ2n) is 6.10. The zero-order chi connectivity index (χ0) is 15.9.